The average Bonchev–Trinajstić information content (AvgIpc) is 3.92. The molecule has 0 saturated carbocycles. The Kier molecular flexibility index (Phi) is 7.49. The molecule has 2 aliphatic carbocycles. The molecule has 0 N–H and O–H groups in total. The predicted octanol–water partition coefficient (Wildman–Crippen LogP) is 10.1. The minimum atomic E-state index is -0.828. The monoisotopic (exact) mass is 764 g/mol. The number of hydrogen-bond donors (Lipinski definition) is 0. The molecular weight excluding hydrogens is 741 g/mol. The van der Waals surface area contributed by atoms with E-state index in [0.717, 1.165) is 32.0 Å². The summed E-state index contributed by atoms with van der Waals surface area (Å²) >= 11 is 2.70. The largest absolute Gasteiger partial charge is 0.466 e. The normalized spacial score (nSPS) is 19.4. The molecule has 0 spiro atoms. The van der Waals surface area contributed by atoms with Gasteiger partial charge in [-0.05, 0) is 63.1 Å². The highest BCUT2D eigenvalue weighted by Gasteiger charge is 2.42. The van der Waals surface area contributed by atoms with Crippen LogP contribution in [-0.4, -0.2) is 21.5 Å². The number of benzene rings is 3. The van der Waals surface area contributed by atoms with E-state index in [2.05, 4.69) is 21.8 Å². The molecule has 3 aromatic carbocycles. The van der Waals surface area contributed by atoms with Crippen molar-refractivity contribution in [3.05, 3.63) is 149 Å². The van der Waals surface area contributed by atoms with Gasteiger partial charge in [-0.15, -0.1) is 22.7 Å². The van der Waals surface area contributed by atoms with Gasteiger partial charge in [0.05, 0.1) is 35.0 Å². The van der Waals surface area contributed by atoms with Crippen LogP contribution in [-0.2, 0) is 11.2 Å². The van der Waals surface area contributed by atoms with Gasteiger partial charge in [0, 0.05) is 55.7 Å². The Bertz CT molecular complexity index is 2780. The van der Waals surface area contributed by atoms with Gasteiger partial charge in [0.1, 0.15) is 21.2 Å². The third kappa shape index (κ3) is 4.95. The summed E-state index contributed by atoms with van der Waals surface area (Å²) in [6.07, 6.45) is 3.27. The van der Waals surface area contributed by atoms with Crippen molar-refractivity contribution in [2.24, 2.45) is 0 Å². The zero-order valence-electron chi connectivity index (χ0n) is 30.1. The van der Waals surface area contributed by atoms with Crippen LogP contribution < -0.4 is 9.47 Å². The van der Waals surface area contributed by atoms with Gasteiger partial charge in [0.15, 0.2) is 11.6 Å². The van der Waals surface area contributed by atoms with E-state index in [-0.39, 0.29) is 34.1 Å². The first-order valence-corrected chi connectivity index (χ1v) is 18.9. The maximum atomic E-state index is 13.6. The van der Waals surface area contributed by atoms with Gasteiger partial charge in [-0.2, -0.15) is 0 Å². The topological polar surface area (TPSA) is 135 Å². The van der Waals surface area contributed by atoms with Crippen LogP contribution in [0.4, 0.5) is 0 Å². The van der Waals surface area contributed by atoms with Gasteiger partial charge in [0.25, 0.3) is 11.4 Å². The summed E-state index contributed by atoms with van der Waals surface area (Å²) in [6, 6.07) is 22.0. The van der Waals surface area contributed by atoms with E-state index >= 15 is 0 Å². The first-order valence-electron chi connectivity index (χ1n) is 17.2. The van der Waals surface area contributed by atoms with Crippen LogP contribution in [0.5, 0.6) is 11.8 Å². The standard InChI is InChI=1S/C44H24N6O4S2/c1-43(2)29-15-26-30(16-25(29)39-41(53-43)49-33(55-39)17-27-35(31(19-45)47-5)21-11-7-9-13-23(21)37(27)51)44(3,4)54-42-40(26)56-34(50-42)18-28-36(32(20-46)48-6)22-12-8-10-14-24(22)38(28)52/h7-18H,1-4H3/b27-17-,28-18-,35-31+,36-32?. The molecule has 56 heavy (non-hydrogen) atoms. The Morgan fingerprint density at radius 3 is 1.39 bits per heavy atom. The fraction of sp³-hybridized carbons (Fsp3) is 0.136. The molecule has 9 rings (SSSR count). The molecule has 4 heterocycles. The van der Waals surface area contributed by atoms with E-state index in [0.29, 0.717) is 55.2 Å². The zero-order valence-corrected chi connectivity index (χ0v) is 31.7. The number of thiazole rings is 2. The number of nitriles is 2. The van der Waals surface area contributed by atoms with Crippen molar-refractivity contribution in [1.82, 2.24) is 9.97 Å². The van der Waals surface area contributed by atoms with Gasteiger partial charge in [-0.1, -0.05) is 48.5 Å². The number of Topliss-reactive ketones (excluding diaryl/α,β-unsaturated/α-hetero) is 2. The number of ether oxygens (including phenoxy) is 2. The molecule has 0 radical (unpaired) electrons. The second-order valence-electron chi connectivity index (χ2n) is 14.3. The summed E-state index contributed by atoms with van der Waals surface area (Å²) < 4.78 is 13.1. The number of hydrogen-bond acceptors (Lipinski definition) is 10. The second-order valence-corrected chi connectivity index (χ2v) is 16.4. The number of ketones is 2. The number of carbonyl (C=O) groups is 2. The van der Waals surface area contributed by atoms with Crippen LogP contribution in [0.25, 0.3) is 53.9 Å². The fourth-order valence-electron chi connectivity index (χ4n) is 7.72. The van der Waals surface area contributed by atoms with E-state index in [1.54, 1.807) is 60.7 Å². The van der Waals surface area contributed by atoms with Gasteiger partial charge >= 0.3 is 0 Å². The lowest BCUT2D eigenvalue weighted by Crippen LogP contribution is -2.32. The molecule has 0 atom stereocenters. The summed E-state index contributed by atoms with van der Waals surface area (Å²) in [5.74, 6) is 0.248. The third-order valence-electron chi connectivity index (χ3n) is 10.2. The number of nitrogens with zero attached hydrogens (tertiary/aromatic N) is 6. The number of allylic oxidation sites excluding steroid dienone is 6. The van der Waals surface area contributed by atoms with Gasteiger partial charge in [0.2, 0.25) is 11.8 Å². The maximum Gasteiger partial charge on any atom is 0.270 e. The molecule has 4 aliphatic rings. The quantitative estimate of drug-likeness (QED) is 0.0985. The highest BCUT2D eigenvalue weighted by Crippen LogP contribution is 2.55. The molecule has 2 aromatic heterocycles. The van der Waals surface area contributed by atoms with E-state index in [1.807, 2.05) is 39.8 Å². The fourth-order valence-corrected chi connectivity index (χ4v) is 9.66. The number of rotatable bonds is 2. The summed E-state index contributed by atoms with van der Waals surface area (Å²) in [4.78, 5) is 45.3. The first-order chi connectivity index (χ1) is 26.9. The van der Waals surface area contributed by atoms with Crippen molar-refractivity contribution in [3.8, 4) is 44.8 Å². The van der Waals surface area contributed by atoms with Crippen LogP contribution in [0.2, 0.25) is 0 Å². The van der Waals surface area contributed by atoms with Gasteiger partial charge in [-0.3, -0.25) is 9.59 Å². The van der Waals surface area contributed by atoms with Crippen molar-refractivity contribution in [1.29, 1.82) is 10.5 Å². The Hall–Kier alpha value is -7.22. The summed E-state index contributed by atoms with van der Waals surface area (Å²) in [5, 5.41) is 20.6. The molecule has 0 unspecified atom stereocenters. The number of aromatic nitrogens is 2. The summed E-state index contributed by atoms with van der Waals surface area (Å²) in [6.45, 7) is 23.1. The molecule has 10 nitrogen and oxygen atoms in total. The van der Waals surface area contributed by atoms with Crippen LogP contribution in [0.15, 0.2) is 83.2 Å². The minimum Gasteiger partial charge on any atom is -0.466 e. The van der Waals surface area contributed by atoms with Crippen molar-refractivity contribution in [3.63, 3.8) is 0 Å². The van der Waals surface area contributed by atoms with E-state index < -0.39 is 11.2 Å². The smallest absolute Gasteiger partial charge is 0.270 e. The lowest BCUT2D eigenvalue weighted by molar-refractivity contribution is 0.0952. The van der Waals surface area contributed by atoms with Crippen LogP contribution in [0.1, 0.15) is 80.7 Å². The van der Waals surface area contributed by atoms with E-state index in [4.69, 9.17) is 32.6 Å². The summed E-state index contributed by atoms with van der Waals surface area (Å²) in [5.41, 5.74) is 4.61. The molecule has 0 bridgehead atoms. The Morgan fingerprint density at radius 2 is 1.04 bits per heavy atom. The van der Waals surface area contributed by atoms with Crippen molar-refractivity contribution >= 4 is 57.5 Å². The van der Waals surface area contributed by atoms with Crippen LogP contribution in [0, 0.1) is 35.8 Å². The maximum absolute atomic E-state index is 13.6. The minimum absolute atomic E-state index is 0.165. The predicted molar refractivity (Wildman–Crippen MR) is 212 cm³/mol. The SMILES string of the molecule is [C-]#[N+]C(C#N)=C1/C(=C/c2nc3c(s2)-c2cc4c(cc2C(C)(C)O3)-c2sc(/C=C3\C(=O)c5ccccc5\C3=C(\C#N)[N+]#[C-])nc2OC4(C)C)C(=O)c2ccccc21. The molecule has 2 aliphatic heterocycles. The lowest BCUT2D eigenvalue weighted by Gasteiger charge is -2.37. The Balaban J connectivity index is 1.16. The van der Waals surface area contributed by atoms with Gasteiger partial charge in [-0.25, -0.2) is 30.2 Å². The lowest BCUT2D eigenvalue weighted by atomic mass is 9.81. The molecule has 0 fully saturated rings. The van der Waals surface area contributed by atoms with Crippen LogP contribution >= 0.6 is 22.7 Å². The van der Waals surface area contributed by atoms with E-state index in [1.165, 1.54) is 22.7 Å². The molecule has 5 aromatic rings. The number of carbonyl (C=O) groups excluding carboxylic acids is 2. The highest BCUT2D eigenvalue weighted by atomic mass is 32.1. The van der Waals surface area contributed by atoms with Crippen molar-refractivity contribution in [2.45, 2.75) is 38.9 Å². The number of fused-ring (bicyclic) bond motifs is 8. The average molecular weight is 765 g/mol. The Morgan fingerprint density at radius 1 is 0.661 bits per heavy atom. The van der Waals surface area contributed by atoms with E-state index in [9.17, 15) is 20.1 Å². The van der Waals surface area contributed by atoms with Gasteiger partial charge < -0.3 is 9.47 Å². The second kappa shape index (κ2) is 12.1. The molecule has 0 saturated heterocycles. The van der Waals surface area contributed by atoms with Crippen LogP contribution in [0.3, 0.4) is 0 Å². The molecule has 0 amide bonds. The molecule has 12 heteroatoms. The first kappa shape index (κ1) is 34.5. The van der Waals surface area contributed by atoms with Crippen molar-refractivity contribution < 1.29 is 19.1 Å². The molecule has 266 valence electrons. The third-order valence-corrected chi connectivity index (χ3v) is 12.3. The zero-order chi connectivity index (χ0) is 39.3. The molecular formula is C44H24N6O4S2. The summed E-state index contributed by atoms with van der Waals surface area (Å²) in [7, 11) is 0. The highest BCUT2D eigenvalue weighted by molar-refractivity contribution is 7.16. The van der Waals surface area contributed by atoms with Crippen molar-refractivity contribution in [2.75, 3.05) is 0 Å². The Labute approximate surface area is 328 Å².